The summed E-state index contributed by atoms with van der Waals surface area (Å²) in [7, 11) is 1.93. The molecule has 1 fully saturated rings. The molecule has 3 amide bonds. The number of hydrogen-bond donors (Lipinski definition) is 1. The van der Waals surface area contributed by atoms with Crippen molar-refractivity contribution in [2.45, 2.75) is 19.8 Å². The quantitative estimate of drug-likeness (QED) is 0.924. The van der Waals surface area contributed by atoms with Crippen molar-refractivity contribution < 1.29 is 9.59 Å². The van der Waals surface area contributed by atoms with Gasteiger partial charge in [0.2, 0.25) is 0 Å². The highest BCUT2D eigenvalue weighted by Crippen LogP contribution is 2.16. The average molecular weight is 343 g/mol. The molecule has 2 heterocycles. The zero-order chi connectivity index (χ0) is 17.8. The lowest BCUT2D eigenvalue weighted by atomic mass is 10.1. The third-order valence-corrected chi connectivity index (χ3v) is 4.57. The third kappa shape index (κ3) is 3.75. The van der Waals surface area contributed by atoms with Crippen LogP contribution in [0.4, 0.5) is 4.79 Å². The predicted octanol–water partition coefficient (Wildman–Crippen LogP) is 1.84. The van der Waals surface area contributed by atoms with Gasteiger partial charge < -0.3 is 19.7 Å². The van der Waals surface area contributed by atoms with Gasteiger partial charge in [0.05, 0.1) is 17.4 Å². The molecule has 7 heteroatoms. The normalized spacial score (nSPS) is 15.3. The van der Waals surface area contributed by atoms with E-state index in [0.29, 0.717) is 38.3 Å². The highest BCUT2D eigenvalue weighted by atomic mass is 16.2. The first-order valence-corrected chi connectivity index (χ1v) is 8.83. The highest BCUT2D eigenvalue weighted by Gasteiger charge is 2.23. The van der Waals surface area contributed by atoms with Crippen LogP contribution < -0.4 is 5.32 Å². The zero-order valence-corrected chi connectivity index (χ0v) is 14.9. The fourth-order valence-corrected chi connectivity index (χ4v) is 3.12. The minimum Gasteiger partial charge on any atom is -0.338 e. The molecule has 0 atom stereocenters. The van der Waals surface area contributed by atoms with Crippen molar-refractivity contribution in [2.75, 3.05) is 32.7 Å². The zero-order valence-electron chi connectivity index (χ0n) is 14.9. The van der Waals surface area contributed by atoms with Crippen molar-refractivity contribution >= 4 is 23.0 Å². The monoisotopic (exact) mass is 343 g/mol. The fraction of sp³-hybridized carbons (Fsp3) is 0.500. The molecule has 0 unspecified atom stereocenters. The van der Waals surface area contributed by atoms with Crippen LogP contribution in [-0.4, -0.2) is 64.0 Å². The van der Waals surface area contributed by atoms with Gasteiger partial charge in [0.1, 0.15) is 0 Å². The number of nitrogens with zero attached hydrogens (tertiary/aromatic N) is 4. The summed E-state index contributed by atoms with van der Waals surface area (Å²) in [6.45, 7) is 5.17. The van der Waals surface area contributed by atoms with E-state index < -0.39 is 0 Å². The highest BCUT2D eigenvalue weighted by molar-refractivity contribution is 5.97. The Hall–Kier alpha value is -2.57. The van der Waals surface area contributed by atoms with Crippen molar-refractivity contribution in [3.05, 3.63) is 30.1 Å². The van der Waals surface area contributed by atoms with Gasteiger partial charge in [0.25, 0.3) is 5.91 Å². The first-order chi connectivity index (χ1) is 12.1. The number of hydrogen-bond acceptors (Lipinski definition) is 3. The van der Waals surface area contributed by atoms with Crippen LogP contribution in [0, 0.1) is 0 Å². The number of fused-ring (bicyclic) bond motifs is 1. The van der Waals surface area contributed by atoms with Crippen LogP contribution in [0.3, 0.4) is 0 Å². The summed E-state index contributed by atoms with van der Waals surface area (Å²) < 4.78 is 1.93. The van der Waals surface area contributed by atoms with E-state index >= 15 is 0 Å². The molecule has 0 spiro atoms. The smallest absolute Gasteiger partial charge is 0.317 e. The average Bonchev–Trinajstić information content (AvgIpc) is 2.85. The van der Waals surface area contributed by atoms with Crippen molar-refractivity contribution in [3.63, 3.8) is 0 Å². The molecule has 0 bridgehead atoms. The van der Waals surface area contributed by atoms with E-state index in [0.717, 1.165) is 23.9 Å². The molecule has 3 rings (SSSR count). The maximum Gasteiger partial charge on any atom is 0.317 e. The van der Waals surface area contributed by atoms with E-state index in [-0.39, 0.29) is 11.9 Å². The largest absolute Gasteiger partial charge is 0.338 e. The number of aromatic nitrogens is 2. The van der Waals surface area contributed by atoms with E-state index in [2.05, 4.69) is 10.3 Å². The van der Waals surface area contributed by atoms with Crippen LogP contribution in [0.2, 0.25) is 0 Å². The molecule has 1 aliphatic rings. The van der Waals surface area contributed by atoms with Gasteiger partial charge in [-0.15, -0.1) is 0 Å². The molecule has 2 aromatic rings. The van der Waals surface area contributed by atoms with Crippen molar-refractivity contribution in [2.24, 2.45) is 7.05 Å². The SMILES string of the molecule is CCCNC(=O)N1CCCN(C(=O)c2ccc3c(c2)ncn3C)CC1. The van der Waals surface area contributed by atoms with Gasteiger partial charge in [0.15, 0.2) is 0 Å². The maximum atomic E-state index is 12.8. The van der Waals surface area contributed by atoms with Gasteiger partial charge in [-0.1, -0.05) is 6.92 Å². The number of amides is 3. The minimum atomic E-state index is -0.0361. The lowest BCUT2D eigenvalue weighted by Crippen LogP contribution is -2.42. The van der Waals surface area contributed by atoms with E-state index in [1.807, 2.05) is 41.6 Å². The second kappa shape index (κ2) is 7.55. The molecule has 134 valence electrons. The fourth-order valence-electron chi connectivity index (χ4n) is 3.12. The van der Waals surface area contributed by atoms with Gasteiger partial charge in [-0.2, -0.15) is 0 Å². The Balaban J connectivity index is 1.66. The second-order valence-corrected chi connectivity index (χ2v) is 6.42. The second-order valence-electron chi connectivity index (χ2n) is 6.42. The minimum absolute atomic E-state index is 0.00312. The number of carbonyl (C=O) groups is 2. The Morgan fingerprint density at radius 3 is 2.72 bits per heavy atom. The summed E-state index contributed by atoms with van der Waals surface area (Å²) >= 11 is 0. The van der Waals surface area contributed by atoms with E-state index in [1.165, 1.54) is 0 Å². The van der Waals surface area contributed by atoms with Gasteiger partial charge >= 0.3 is 6.03 Å². The molecule has 0 radical (unpaired) electrons. The van der Waals surface area contributed by atoms with E-state index in [9.17, 15) is 9.59 Å². The summed E-state index contributed by atoms with van der Waals surface area (Å²) in [5, 5.41) is 2.90. The van der Waals surface area contributed by atoms with Crippen LogP contribution in [0.15, 0.2) is 24.5 Å². The number of nitrogens with one attached hydrogen (secondary N) is 1. The van der Waals surface area contributed by atoms with Crippen LogP contribution in [0.1, 0.15) is 30.1 Å². The van der Waals surface area contributed by atoms with Crippen LogP contribution in [-0.2, 0) is 7.05 Å². The number of urea groups is 1. The number of aryl methyl sites for hydroxylation is 1. The Kier molecular flexibility index (Phi) is 5.21. The van der Waals surface area contributed by atoms with Crippen LogP contribution in [0.5, 0.6) is 0 Å². The van der Waals surface area contributed by atoms with Crippen molar-refractivity contribution in [1.82, 2.24) is 24.7 Å². The van der Waals surface area contributed by atoms with Crippen LogP contribution >= 0.6 is 0 Å². The Morgan fingerprint density at radius 2 is 1.92 bits per heavy atom. The van der Waals surface area contributed by atoms with Gasteiger partial charge in [-0.3, -0.25) is 4.79 Å². The van der Waals surface area contributed by atoms with E-state index in [4.69, 9.17) is 0 Å². The topological polar surface area (TPSA) is 70.5 Å². The standard InChI is InChI=1S/C18H25N5O2/c1-3-7-19-18(25)23-9-4-8-22(10-11-23)17(24)14-5-6-16-15(12-14)20-13-21(16)2/h5-6,12-13H,3-4,7-11H2,1-2H3,(H,19,25). The van der Waals surface area contributed by atoms with Crippen LogP contribution in [0.25, 0.3) is 11.0 Å². The molecule has 25 heavy (non-hydrogen) atoms. The Bertz CT molecular complexity index is 770. The van der Waals surface area contributed by atoms with Gasteiger partial charge in [-0.25, -0.2) is 9.78 Å². The molecule has 0 aliphatic carbocycles. The lowest BCUT2D eigenvalue weighted by Gasteiger charge is -2.22. The Labute approximate surface area is 147 Å². The first-order valence-electron chi connectivity index (χ1n) is 8.83. The lowest BCUT2D eigenvalue weighted by molar-refractivity contribution is 0.0762. The van der Waals surface area contributed by atoms with Crippen molar-refractivity contribution in [1.29, 1.82) is 0 Å². The Morgan fingerprint density at radius 1 is 1.16 bits per heavy atom. The van der Waals surface area contributed by atoms with Gasteiger partial charge in [0, 0.05) is 45.3 Å². The number of rotatable bonds is 3. The van der Waals surface area contributed by atoms with Gasteiger partial charge in [-0.05, 0) is 31.0 Å². The predicted molar refractivity (Wildman–Crippen MR) is 96.5 cm³/mol. The third-order valence-electron chi connectivity index (χ3n) is 4.57. The van der Waals surface area contributed by atoms with Crippen molar-refractivity contribution in [3.8, 4) is 0 Å². The summed E-state index contributed by atoms with van der Waals surface area (Å²) in [6, 6.07) is 5.58. The summed E-state index contributed by atoms with van der Waals surface area (Å²) in [6.07, 6.45) is 3.45. The molecule has 1 N–H and O–H groups in total. The molecule has 0 saturated carbocycles. The molecule has 1 aliphatic heterocycles. The molecular formula is C18H25N5O2. The molecular weight excluding hydrogens is 318 g/mol. The number of imidazole rings is 1. The first kappa shape index (κ1) is 17.3. The number of carbonyl (C=O) groups excluding carboxylic acids is 2. The molecule has 1 aromatic carbocycles. The maximum absolute atomic E-state index is 12.8. The summed E-state index contributed by atoms with van der Waals surface area (Å²) in [5.74, 6) is 0.00312. The molecule has 1 aromatic heterocycles. The molecule has 7 nitrogen and oxygen atoms in total. The summed E-state index contributed by atoms with van der Waals surface area (Å²) in [4.78, 5) is 32.9. The summed E-state index contributed by atoms with van der Waals surface area (Å²) in [5.41, 5.74) is 2.48. The number of benzene rings is 1. The van der Waals surface area contributed by atoms with E-state index in [1.54, 1.807) is 11.2 Å². The molecule has 1 saturated heterocycles.